The molecule has 1 unspecified atom stereocenters. The standard InChI is InChI=1S/C10H19N3O/c1-5-6-9(14)13(4)10(3)11-7-8(2)12-10/h5-6,8,11-12,14H,1,7H2,2-4H3/b9-6+/t8-,10?/m1/s1. The second-order valence-electron chi connectivity index (χ2n) is 3.82. The van der Waals surface area contributed by atoms with Crippen molar-refractivity contribution in [2.45, 2.75) is 25.7 Å². The molecule has 0 amide bonds. The molecule has 0 aromatic heterocycles. The molecule has 0 aromatic rings. The van der Waals surface area contributed by atoms with E-state index in [4.69, 9.17) is 0 Å². The highest BCUT2D eigenvalue weighted by Gasteiger charge is 2.36. The number of nitrogens with zero attached hydrogens (tertiary/aromatic N) is 1. The van der Waals surface area contributed by atoms with Crippen molar-refractivity contribution in [2.75, 3.05) is 13.6 Å². The Kier molecular flexibility index (Phi) is 3.18. The molecule has 2 atom stereocenters. The molecule has 1 saturated heterocycles. The lowest BCUT2D eigenvalue weighted by molar-refractivity contribution is 0.0752. The van der Waals surface area contributed by atoms with Gasteiger partial charge in [0.2, 0.25) is 0 Å². The second-order valence-corrected chi connectivity index (χ2v) is 3.82. The lowest BCUT2D eigenvalue weighted by Gasteiger charge is -2.36. The summed E-state index contributed by atoms with van der Waals surface area (Å²) < 4.78 is 0. The van der Waals surface area contributed by atoms with E-state index in [1.807, 2.05) is 14.0 Å². The molecule has 1 rings (SSSR count). The summed E-state index contributed by atoms with van der Waals surface area (Å²) in [5.41, 5.74) is 0. The molecule has 1 fully saturated rings. The van der Waals surface area contributed by atoms with E-state index in [2.05, 4.69) is 24.1 Å². The van der Waals surface area contributed by atoms with Crippen molar-refractivity contribution in [3.63, 3.8) is 0 Å². The van der Waals surface area contributed by atoms with Gasteiger partial charge in [0.1, 0.15) is 5.79 Å². The smallest absolute Gasteiger partial charge is 0.188 e. The van der Waals surface area contributed by atoms with Gasteiger partial charge in [-0.25, -0.2) is 0 Å². The van der Waals surface area contributed by atoms with Crippen molar-refractivity contribution < 1.29 is 5.11 Å². The molecule has 4 heteroatoms. The predicted octanol–water partition coefficient (Wildman–Crippen LogP) is 0.759. The average molecular weight is 197 g/mol. The topological polar surface area (TPSA) is 47.5 Å². The molecule has 14 heavy (non-hydrogen) atoms. The van der Waals surface area contributed by atoms with Crippen molar-refractivity contribution in [3.8, 4) is 0 Å². The Bertz CT molecular complexity index is 252. The van der Waals surface area contributed by atoms with Crippen LogP contribution in [0.15, 0.2) is 24.6 Å². The van der Waals surface area contributed by atoms with E-state index in [0.717, 1.165) is 6.54 Å². The van der Waals surface area contributed by atoms with E-state index in [1.54, 1.807) is 17.1 Å². The molecule has 0 radical (unpaired) electrons. The van der Waals surface area contributed by atoms with Crippen LogP contribution >= 0.6 is 0 Å². The summed E-state index contributed by atoms with van der Waals surface area (Å²) in [5.74, 6) is -0.195. The maximum atomic E-state index is 9.67. The first-order valence-electron chi connectivity index (χ1n) is 4.78. The minimum Gasteiger partial charge on any atom is -0.495 e. The molecular weight excluding hydrogens is 178 g/mol. The fraction of sp³-hybridized carbons (Fsp3) is 0.600. The average Bonchev–Trinajstić information content (AvgIpc) is 2.47. The van der Waals surface area contributed by atoms with Gasteiger partial charge < -0.3 is 10.0 Å². The summed E-state index contributed by atoms with van der Waals surface area (Å²) >= 11 is 0. The van der Waals surface area contributed by atoms with Crippen molar-refractivity contribution in [1.29, 1.82) is 0 Å². The van der Waals surface area contributed by atoms with Crippen LogP contribution in [0.2, 0.25) is 0 Å². The van der Waals surface area contributed by atoms with E-state index in [-0.39, 0.29) is 11.7 Å². The molecular formula is C10H19N3O. The molecule has 0 saturated carbocycles. The van der Waals surface area contributed by atoms with Crippen molar-refractivity contribution in [3.05, 3.63) is 24.6 Å². The van der Waals surface area contributed by atoms with Crippen molar-refractivity contribution in [1.82, 2.24) is 15.5 Å². The van der Waals surface area contributed by atoms with E-state index in [0.29, 0.717) is 6.04 Å². The normalized spacial score (nSPS) is 33.1. The summed E-state index contributed by atoms with van der Waals surface area (Å²) in [5, 5.41) is 16.3. The van der Waals surface area contributed by atoms with Crippen LogP contribution in [0.4, 0.5) is 0 Å². The molecule has 80 valence electrons. The van der Waals surface area contributed by atoms with Gasteiger partial charge in [-0.05, 0) is 19.9 Å². The Morgan fingerprint density at radius 3 is 2.79 bits per heavy atom. The van der Waals surface area contributed by atoms with Gasteiger partial charge >= 0.3 is 0 Å². The van der Waals surface area contributed by atoms with Crippen molar-refractivity contribution >= 4 is 0 Å². The number of aliphatic hydroxyl groups excluding tert-OH is 1. The van der Waals surface area contributed by atoms with Gasteiger partial charge in [-0.2, -0.15) is 0 Å². The summed E-state index contributed by atoms with van der Waals surface area (Å²) in [7, 11) is 1.83. The summed E-state index contributed by atoms with van der Waals surface area (Å²) in [4.78, 5) is 1.75. The van der Waals surface area contributed by atoms with Crippen LogP contribution in [0.5, 0.6) is 0 Å². The number of nitrogens with one attached hydrogen (secondary N) is 2. The third-order valence-corrected chi connectivity index (χ3v) is 2.56. The Hall–Kier alpha value is -1.00. The highest BCUT2D eigenvalue weighted by molar-refractivity contribution is 5.06. The van der Waals surface area contributed by atoms with Crippen molar-refractivity contribution in [2.24, 2.45) is 0 Å². The molecule has 0 aromatic carbocycles. The molecule has 3 N–H and O–H groups in total. The number of rotatable bonds is 3. The first-order chi connectivity index (χ1) is 6.49. The zero-order chi connectivity index (χ0) is 10.8. The molecule has 4 nitrogen and oxygen atoms in total. The van der Waals surface area contributed by atoms with Gasteiger partial charge in [0.25, 0.3) is 0 Å². The predicted molar refractivity (Wildman–Crippen MR) is 57.7 cm³/mol. The quantitative estimate of drug-likeness (QED) is 0.462. The molecule has 0 spiro atoms. The molecule has 1 aliphatic heterocycles. The van der Waals surface area contributed by atoms with Crippen LogP contribution in [-0.4, -0.2) is 35.4 Å². The second kappa shape index (κ2) is 4.02. The maximum absolute atomic E-state index is 9.67. The maximum Gasteiger partial charge on any atom is 0.188 e. The highest BCUT2D eigenvalue weighted by atomic mass is 16.3. The van der Waals surface area contributed by atoms with Gasteiger partial charge in [0, 0.05) is 19.6 Å². The Morgan fingerprint density at radius 2 is 2.36 bits per heavy atom. The van der Waals surface area contributed by atoms with E-state index >= 15 is 0 Å². The zero-order valence-corrected chi connectivity index (χ0v) is 9.04. The van der Waals surface area contributed by atoms with Gasteiger partial charge in [-0.1, -0.05) is 12.7 Å². The van der Waals surface area contributed by atoms with Crippen LogP contribution < -0.4 is 10.6 Å². The number of aliphatic hydroxyl groups is 1. The number of hydrogen-bond acceptors (Lipinski definition) is 4. The third-order valence-electron chi connectivity index (χ3n) is 2.56. The van der Waals surface area contributed by atoms with E-state index in [1.165, 1.54) is 0 Å². The van der Waals surface area contributed by atoms with Crippen LogP contribution in [0.1, 0.15) is 13.8 Å². The molecule has 0 bridgehead atoms. The fourth-order valence-corrected chi connectivity index (χ4v) is 1.60. The summed E-state index contributed by atoms with van der Waals surface area (Å²) in [6.07, 6.45) is 3.13. The minimum absolute atomic E-state index is 0.191. The van der Waals surface area contributed by atoms with Crippen LogP contribution in [-0.2, 0) is 0 Å². The van der Waals surface area contributed by atoms with Crippen LogP contribution in [0.25, 0.3) is 0 Å². The first kappa shape index (κ1) is 11.1. The Balaban J connectivity index is 2.73. The van der Waals surface area contributed by atoms with E-state index in [9.17, 15) is 5.11 Å². The van der Waals surface area contributed by atoms with Gasteiger partial charge in [-0.15, -0.1) is 0 Å². The molecule has 1 heterocycles. The van der Waals surface area contributed by atoms with Gasteiger partial charge in [-0.3, -0.25) is 10.6 Å². The van der Waals surface area contributed by atoms with E-state index < -0.39 is 0 Å². The zero-order valence-electron chi connectivity index (χ0n) is 9.04. The lowest BCUT2D eigenvalue weighted by Crippen LogP contribution is -2.58. The SMILES string of the molecule is C=C/C=C(/O)N(C)C1(C)NC[C@@H](C)N1. The summed E-state index contributed by atoms with van der Waals surface area (Å²) in [6.45, 7) is 8.52. The Morgan fingerprint density at radius 1 is 1.71 bits per heavy atom. The Labute approximate surface area is 85.3 Å². The highest BCUT2D eigenvalue weighted by Crippen LogP contribution is 2.15. The largest absolute Gasteiger partial charge is 0.495 e. The fourth-order valence-electron chi connectivity index (χ4n) is 1.60. The number of hydrogen-bond donors (Lipinski definition) is 3. The molecule has 1 aliphatic rings. The summed E-state index contributed by atoms with van der Waals surface area (Å²) in [6, 6.07) is 0.402. The minimum atomic E-state index is -0.386. The monoisotopic (exact) mass is 197 g/mol. The molecule has 0 aliphatic carbocycles. The number of allylic oxidation sites excluding steroid dienone is 2. The third kappa shape index (κ3) is 2.08. The first-order valence-corrected chi connectivity index (χ1v) is 4.78. The van der Waals surface area contributed by atoms with Gasteiger partial charge in [0.05, 0.1) is 0 Å². The lowest BCUT2D eigenvalue weighted by atomic mass is 10.3. The van der Waals surface area contributed by atoms with Crippen LogP contribution in [0, 0.1) is 0 Å². The van der Waals surface area contributed by atoms with Gasteiger partial charge in [0.15, 0.2) is 5.88 Å². The van der Waals surface area contributed by atoms with Crippen LogP contribution in [0.3, 0.4) is 0 Å².